The first kappa shape index (κ1) is 14.7. The zero-order valence-corrected chi connectivity index (χ0v) is 12.7. The average Bonchev–Trinajstić information content (AvgIpc) is 2.47. The van der Waals surface area contributed by atoms with Crippen LogP contribution >= 0.6 is 11.8 Å². The molecule has 3 heteroatoms. The van der Waals surface area contributed by atoms with Crippen molar-refractivity contribution in [2.24, 2.45) is 0 Å². The van der Waals surface area contributed by atoms with Crippen LogP contribution in [0.5, 0.6) is 0 Å². The van der Waals surface area contributed by atoms with Crippen LogP contribution in [0.2, 0.25) is 0 Å². The predicted octanol–water partition coefficient (Wildman–Crippen LogP) is 3.79. The summed E-state index contributed by atoms with van der Waals surface area (Å²) >= 11 is 1.78. The molecule has 0 unspecified atom stereocenters. The van der Waals surface area contributed by atoms with Crippen molar-refractivity contribution < 1.29 is 4.79 Å². The summed E-state index contributed by atoms with van der Waals surface area (Å²) in [5, 5.41) is 2.96. The molecule has 2 nitrogen and oxygen atoms in total. The van der Waals surface area contributed by atoms with Gasteiger partial charge in [-0.15, -0.1) is 0 Å². The van der Waals surface area contributed by atoms with Gasteiger partial charge in [0.15, 0.2) is 0 Å². The Hall–Kier alpha value is -1.74. The molecule has 0 aliphatic heterocycles. The van der Waals surface area contributed by atoms with Gasteiger partial charge in [0.1, 0.15) is 0 Å². The van der Waals surface area contributed by atoms with E-state index in [1.165, 1.54) is 11.1 Å². The first-order chi connectivity index (χ1) is 9.70. The van der Waals surface area contributed by atoms with Crippen LogP contribution in [0.15, 0.2) is 48.5 Å². The molecule has 1 amide bonds. The number of carbonyl (C=O) groups is 1. The van der Waals surface area contributed by atoms with Crippen LogP contribution < -0.4 is 5.32 Å². The zero-order valence-electron chi connectivity index (χ0n) is 11.8. The van der Waals surface area contributed by atoms with Gasteiger partial charge in [-0.3, -0.25) is 4.79 Å². The number of aryl methyl sites for hydroxylation is 1. The van der Waals surface area contributed by atoms with Crippen LogP contribution in [-0.2, 0) is 12.3 Å². The zero-order chi connectivity index (χ0) is 14.4. The lowest BCUT2D eigenvalue weighted by Gasteiger charge is -2.08. The van der Waals surface area contributed by atoms with Crippen molar-refractivity contribution in [3.05, 3.63) is 70.8 Å². The summed E-state index contributed by atoms with van der Waals surface area (Å²) in [6.07, 6.45) is 2.07. The fourth-order valence-corrected chi connectivity index (χ4v) is 2.53. The second kappa shape index (κ2) is 7.15. The Morgan fingerprint density at radius 3 is 2.45 bits per heavy atom. The number of rotatable bonds is 5. The fourth-order valence-electron chi connectivity index (χ4n) is 2.01. The quantitative estimate of drug-likeness (QED) is 0.905. The van der Waals surface area contributed by atoms with Crippen LogP contribution in [0.1, 0.15) is 27.0 Å². The molecule has 0 aliphatic rings. The van der Waals surface area contributed by atoms with Crippen molar-refractivity contribution in [1.29, 1.82) is 0 Å². The third-order valence-electron chi connectivity index (χ3n) is 3.23. The van der Waals surface area contributed by atoms with Crippen LogP contribution in [0.25, 0.3) is 0 Å². The number of amides is 1. The highest BCUT2D eigenvalue weighted by atomic mass is 32.2. The van der Waals surface area contributed by atoms with Crippen LogP contribution in [-0.4, -0.2) is 12.2 Å². The third kappa shape index (κ3) is 3.87. The number of thioether (sulfide) groups is 1. The maximum absolute atomic E-state index is 12.1. The van der Waals surface area contributed by atoms with Crippen LogP contribution in [0, 0.1) is 6.92 Å². The molecule has 0 saturated heterocycles. The highest BCUT2D eigenvalue weighted by Crippen LogP contribution is 2.11. The molecule has 20 heavy (non-hydrogen) atoms. The van der Waals surface area contributed by atoms with Crippen molar-refractivity contribution >= 4 is 17.7 Å². The number of hydrogen-bond donors (Lipinski definition) is 1. The Morgan fingerprint density at radius 2 is 1.80 bits per heavy atom. The summed E-state index contributed by atoms with van der Waals surface area (Å²) in [7, 11) is 0. The van der Waals surface area contributed by atoms with Crippen molar-refractivity contribution in [3.8, 4) is 0 Å². The van der Waals surface area contributed by atoms with Crippen LogP contribution in [0.3, 0.4) is 0 Å². The number of benzene rings is 2. The first-order valence-corrected chi connectivity index (χ1v) is 8.00. The Kier molecular flexibility index (Phi) is 5.24. The molecule has 0 fully saturated rings. The van der Waals surface area contributed by atoms with E-state index in [1.54, 1.807) is 11.8 Å². The Bertz CT molecular complexity index is 578. The lowest BCUT2D eigenvalue weighted by atomic mass is 10.1. The van der Waals surface area contributed by atoms with Gasteiger partial charge in [-0.2, -0.15) is 11.8 Å². The molecule has 0 aromatic heterocycles. The lowest BCUT2D eigenvalue weighted by Crippen LogP contribution is -2.23. The SMILES string of the molecule is CSCc1ccc(C(=O)NCc2ccccc2C)cc1. The summed E-state index contributed by atoms with van der Waals surface area (Å²) in [6, 6.07) is 15.9. The van der Waals surface area contributed by atoms with E-state index < -0.39 is 0 Å². The van der Waals surface area contributed by atoms with E-state index in [9.17, 15) is 4.79 Å². The molecule has 0 spiro atoms. The van der Waals surface area contributed by atoms with E-state index in [0.29, 0.717) is 12.1 Å². The van der Waals surface area contributed by atoms with Crippen molar-refractivity contribution in [3.63, 3.8) is 0 Å². The molecule has 2 aromatic rings. The van der Waals surface area contributed by atoms with Gasteiger partial charge in [0.25, 0.3) is 5.91 Å². The largest absolute Gasteiger partial charge is 0.348 e. The minimum Gasteiger partial charge on any atom is -0.348 e. The molecule has 0 radical (unpaired) electrons. The highest BCUT2D eigenvalue weighted by molar-refractivity contribution is 7.97. The highest BCUT2D eigenvalue weighted by Gasteiger charge is 2.05. The van der Waals surface area contributed by atoms with Gasteiger partial charge < -0.3 is 5.32 Å². The summed E-state index contributed by atoms with van der Waals surface area (Å²) < 4.78 is 0. The summed E-state index contributed by atoms with van der Waals surface area (Å²) in [5.41, 5.74) is 4.30. The maximum atomic E-state index is 12.1. The van der Waals surface area contributed by atoms with E-state index >= 15 is 0 Å². The van der Waals surface area contributed by atoms with Gasteiger partial charge in [-0.05, 0) is 42.0 Å². The number of carbonyl (C=O) groups excluding carboxylic acids is 1. The first-order valence-electron chi connectivity index (χ1n) is 6.61. The van der Waals surface area contributed by atoms with Crippen molar-refractivity contribution in [2.45, 2.75) is 19.2 Å². The molecular formula is C17H19NOS. The molecule has 104 valence electrons. The van der Waals surface area contributed by atoms with Gasteiger partial charge in [0.05, 0.1) is 0 Å². The summed E-state index contributed by atoms with van der Waals surface area (Å²) in [6.45, 7) is 2.62. The molecule has 0 saturated carbocycles. The standard InChI is InChI=1S/C17H19NOS/c1-13-5-3-4-6-16(13)11-18-17(19)15-9-7-14(8-10-15)12-20-2/h3-10H,11-12H2,1-2H3,(H,18,19). The molecular weight excluding hydrogens is 266 g/mol. The second-order valence-electron chi connectivity index (χ2n) is 4.74. The summed E-state index contributed by atoms with van der Waals surface area (Å²) in [4.78, 5) is 12.1. The van der Waals surface area contributed by atoms with Gasteiger partial charge in [-0.1, -0.05) is 36.4 Å². The van der Waals surface area contributed by atoms with E-state index in [0.717, 1.165) is 11.3 Å². The Balaban J connectivity index is 1.96. The molecule has 0 heterocycles. The molecule has 0 atom stereocenters. The Labute approximate surface area is 124 Å². The average molecular weight is 285 g/mol. The number of hydrogen-bond acceptors (Lipinski definition) is 2. The molecule has 2 rings (SSSR count). The smallest absolute Gasteiger partial charge is 0.251 e. The maximum Gasteiger partial charge on any atom is 0.251 e. The van der Waals surface area contributed by atoms with Crippen molar-refractivity contribution in [1.82, 2.24) is 5.32 Å². The second-order valence-corrected chi connectivity index (χ2v) is 5.61. The molecule has 1 N–H and O–H groups in total. The van der Waals surface area contributed by atoms with Crippen LogP contribution in [0.4, 0.5) is 0 Å². The van der Waals surface area contributed by atoms with E-state index in [1.807, 2.05) is 42.5 Å². The van der Waals surface area contributed by atoms with Gasteiger partial charge in [-0.25, -0.2) is 0 Å². The topological polar surface area (TPSA) is 29.1 Å². The van der Waals surface area contributed by atoms with Crippen molar-refractivity contribution in [2.75, 3.05) is 6.26 Å². The lowest BCUT2D eigenvalue weighted by molar-refractivity contribution is 0.0951. The molecule has 2 aromatic carbocycles. The fraction of sp³-hybridized carbons (Fsp3) is 0.235. The monoisotopic (exact) mass is 285 g/mol. The summed E-state index contributed by atoms with van der Waals surface area (Å²) in [5.74, 6) is 0.953. The number of nitrogens with one attached hydrogen (secondary N) is 1. The third-order valence-corrected chi connectivity index (χ3v) is 3.85. The van der Waals surface area contributed by atoms with Gasteiger partial charge in [0, 0.05) is 17.9 Å². The van der Waals surface area contributed by atoms with Gasteiger partial charge in [0.2, 0.25) is 0 Å². The molecule has 0 bridgehead atoms. The van der Waals surface area contributed by atoms with E-state index in [2.05, 4.69) is 24.6 Å². The Morgan fingerprint density at radius 1 is 1.10 bits per heavy atom. The van der Waals surface area contributed by atoms with E-state index in [-0.39, 0.29) is 5.91 Å². The normalized spacial score (nSPS) is 10.3. The molecule has 0 aliphatic carbocycles. The minimum atomic E-state index is -0.0241. The van der Waals surface area contributed by atoms with Gasteiger partial charge >= 0.3 is 0 Å². The van der Waals surface area contributed by atoms with E-state index in [4.69, 9.17) is 0 Å². The predicted molar refractivity (Wildman–Crippen MR) is 86.0 cm³/mol. The minimum absolute atomic E-state index is 0.0241.